The molecule has 0 saturated heterocycles. The second kappa shape index (κ2) is 6.02. The Kier molecular flexibility index (Phi) is 4.35. The molecule has 2 aromatic heterocycles. The third-order valence-electron chi connectivity index (χ3n) is 2.62. The molecule has 0 saturated carbocycles. The van der Waals surface area contributed by atoms with Gasteiger partial charge < -0.3 is 10.7 Å². The normalized spacial score (nSPS) is 10.7. The Bertz CT molecular complexity index is 624. The molecule has 0 atom stereocenters. The van der Waals surface area contributed by atoms with E-state index in [-0.39, 0.29) is 11.9 Å². The molecule has 4 N–H and O–H groups in total. The molecule has 7 nitrogen and oxygen atoms in total. The molecule has 2 aromatic rings. The summed E-state index contributed by atoms with van der Waals surface area (Å²) in [6, 6.07) is 1.87. The number of anilines is 2. The van der Waals surface area contributed by atoms with Gasteiger partial charge in [-0.25, -0.2) is 10.8 Å². The minimum Gasteiger partial charge on any atom is -0.319 e. The van der Waals surface area contributed by atoms with Crippen molar-refractivity contribution in [3.05, 3.63) is 34.7 Å². The van der Waals surface area contributed by atoms with Crippen LogP contribution in [0.25, 0.3) is 0 Å². The van der Waals surface area contributed by atoms with E-state index in [9.17, 15) is 4.79 Å². The summed E-state index contributed by atoms with van der Waals surface area (Å²) in [5.74, 6) is 5.35. The molecule has 0 aliphatic heterocycles. The number of nitrogens with zero attached hydrogens (tertiary/aromatic N) is 3. The third-order valence-corrected chi connectivity index (χ3v) is 3.06. The first-order chi connectivity index (χ1) is 9.51. The average molecular weight is 339 g/mol. The quantitative estimate of drug-likeness (QED) is 0.586. The van der Waals surface area contributed by atoms with E-state index in [0.29, 0.717) is 21.5 Å². The van der Waals surface area contributed by atoms with Gasteiger partial charge in [0.2, 0.25) is 0 Å². The van der Waals surface area contributed by atoms with Crippen molar-refractivity contribution in [1.82, 2.24) is 14.8 Å². The van der Waals surface area contributed by atoms with Crippen molar-refractivity contribution >= 4 is 33.3 Å². The van der Waals surface area contributed by atoms with Crippen LogP contribution >= 0.6 is 15.9 Å². The Morgan fingerprint density at radius 3 is 2.80 bits per heavy atom. The van der Waals surface area contributed by atoms with Crippen molar-refractivity contribution in [3.8, 4) is 0 Å². The van der Waals surface area contributed by atoms with Gasteiger partial charge in [0, 0.05) is 22.9 Å². The molecule has 106 valence electrons. The summed E-state index contributed by atoms with van der Waals surface area (Å²) in [7, 11) is 0. The minimum absolute atomic E-state index is 0.231. The minimum atomic E-state index is -0.310. The SMILES string of the molecule is CC(C)n1cc(NC(=O)c2cc(Br)cnc2NN)cn1. The van der Waals surface area contributed by atoms with Crippen LogP contribution in [0.3, 0.4) is 0 Å². The monoisotopic (exact) mass is 338 g/mol. The lowest BCUT2D eigenvalue weighted by Crippen LogP contribution is -2.18. The molecule has 0 fully saturated rings. The van der Waals surface area contributed by atoms with Crippen LogP contribution in [0.1, 0.15) is 30.2 Å². The second-order valence-electron chi connectivity index (χ2n) is 4.45. The number of aromatic nitrogens is 3. The van der Waals surface area contributed by atoms with E-state index in [1.165, 1.54) is 0 Å². The number of hydrogen-bond donors (Lipinski definition) is 3. The Morgan fingerprint density at radius 2 is 2.20 bits per heavy atom. The smallest absolute Gasteiger partial charge is 0.259 e. The molecule has 0 aromatic carbocycles. The van der Waals surface area contributed by atoms with Crippen LogP contribution in [-0.2, 0) is 0 Å². The van der Waals surface area contributed by atoms with Gasteiger partial charge in [-0.15, -0.1) is 0 Å². The van der Waals surface area contributed by atoms with Gasteiger partial charge in [-0.2, -0.15) is 5.10 Å². The Morgan fingerprint density at radius 1 is 1.45 bits per heavy atom. The summed E-state index contributed by atoms with van der Waals surface area (Å²) in [5, 5.41) is 6.92. The summed E-state index contributed by atoms with van der Waals surface area (Å²) in [4.78, 5) is 16.2. The average Bonchev–Trinajstić information content (AvgIpc) is 2.87. The lowest BCUT2D eigenvalue weighted by atomic mass is 10.2. The van der Waals surface area contributed by atoms with Crippen molar-refractivity contribution in [3.63, 3.8) is 0 Å². The molecule has 20 heavy (non-hydrogen) atoms. The molecule has 0 radical (unpaired) electrons. The lowest BCUT2D eigenvalue weighted by Gasteiger charge is -2.08. The first-order valence-electron chi connectivity index (χ1n) is 5.99. The van der Waals surface area contributed by atoms with Crippen molar-refractivity contribution in [2.45, 2.75) is 19.9 Å². The van der Waals surface area contributed by atoms with Crippen LogP contribution in [-0.4, -0.2) is 20.7 Å². The largest absolute Gasteiger partial charge is 0.319 e. The van der Waals surface area contributed by atoms with Gasteiger partial charge in [0.15, 0.2) is 5.82 Å². The number of halogens is 1. The molecular formula is C12H15BrN6O. The van der Waals surface area contributed by atoms with Crippen molar-refractivity contribution in [2.24, 2.45) is 5.84 Å². The van der Waals surface area contributed by atoms with E-state index in [1.54, 1.807) is 29.3 Å². The predicted octanol–water partition coefficient (Wildman–Crippen LogP) is 2.16. The van der Waals surface area contributed by atoms with Crippen molar-refractivity contribution in [2.75, 3.05) is 10.7 Å². The molecule has 0 spiro atoms. The predicted molar refractivity (Wildman–Crippen MR) is 80.3 cm³/mol. The number of carbonyl (C=O) groups is 1. The fourth-order valence-electron chi connectivity index (χ4n) is 1.61. The van der Waals surface area contributed by atoms with Gasteiger partial charge in [0.25, 0.3) is 5.91 Å². The summed E-state index contributed by atoms with van der Waals surface area (Å²) in [6.45, 7) is 4.01. The third kappa shape index (κ3) is 3.14. The zero-order valence-electron chi connectivity index (χ0n) is 11.1. The molecule has 0 unspecified atom stereocenters. The van der Waals surface area contributed by atoms with E-state index >= 15 is 0 Å². The van der Waals surface area contributed by atoms with Gasteiger partial charge in [-0.1, -0.05) is 0 Å². The highest BCUT2D eigenvalue weighted by molar-refractivity contribution is 9.10. The lowest BCUT2D eigenvalue weighted by molar-refractivity contribution is 0.102. The number of nitrogens with two attached hydrogens (primary N) is 1. The highest BCUT2D eigenvalue weighted by atomic mass is 79.9. The summed E-state index contributed by atoms with van der Waals surface area (Å²) < 4.78 is 2.45. The second-order valence-corrected chi connectivity index (χ2v) is 5.37. The maximum absolute atomic E-state index is 12.2. The standard InChI is InChI=1S/C12H15BrN6O/c1-7(2)19-6-9(5-16-19)17-12(20)10-3-8(13)4-15-11(10)18-14/h3-7H,14H2,1-2H3,(H,15,18)(H,17,20). The zero-order chi connectivity index (χ0) is 14.7. The van der Waals surface area contributed by atoms with Crippen molar-refractivity contribution < 1.29 is 4.79 Å². The van der Waals surface area contributed by atoms with Crippen LogP contribution in [0, 0.1) is 0 Å². The van der Waals surface area contributed by atoms with Crippen LogP contribution < -0.4 is 16.6 Å². The van der Waals surface area contributed by atoms with Crippen LogP contribution in [0.5, 0.6) is 0 Å². The van der Waals surface area contributed by atoms with E-state index in [1.807, 2.05) is 13.8 Å². The first-order valence-corrected chi connectivity index (χ1v) is 6.78. The Labute approximate surface area is 124 Å². The number of carbonyl (C=O) groups excluding carboxylic acids is 1. The first kappa shape index (κ1) is 14.5. The molecule has 1 amide bonds. The van der Waals surface area contributed by atoms with Crippen LogP contribution in [0.15, 0.2) is 29.1 Å². The molecule has 2 rings (SSSR count). The van der Waals surface area contributed by atoms with E-state index in [2.05, 4.69) is 36.8 Å². The van der Waals surface area contributed by atoms with Crippen LogP contribution in [0.4, 0.5) is 11.5 Å². The molecule has 0 aliphatic rings. The van der Waals surface area contributed by atoms with Gasteiger partial charge >= 0.3 is 0 Å². The Balaban J connectivity index is 2.21. The van der Waals surface area contributed by atoms with Gasteiger partial charge in [0.1, 0.15) is 0 Å². The number of pyridine rings is 1. The summed E-state index contributed by atoms with van der Waals surface area (Å²) >= 11 is 3.27. The highest BCUT2D eigenvalue weighted by Crippen LogP contribution is 2.19. The number of rotatable bonds is 4. The number of amides is 1. The Hall–Kier alpha value is -1.93. The summed E-state index contributed by atoms with van der Waals surface area (Å²) in [6.07, 6.45) is 4.92. The zero-order valence-corrected chi connectivity index (χ0v) is 12.7. The van der Waals surface area contributed by atoms with Crippen molar-refractivity contribution in [1.29, 1.82) is 0 Å². The van der Waals surface area contributed by atoms with E-state index in [4.69, 9.17) is 5.84 Å². The molecule has 0 bridgehead atoms. The maximum atomic E-state index is 12.2. The number of hydrogen-bond acceptors (Lipinski definition) is 5. The number of nitrogens with one attached hydrogen (secondary N) is 2. The molecule has 0 aliphatic carbocycles. The number of nitrogen functional groups attached to an aromatic ring is 1. The molecular weight excluding hydrogens is 324 g/mol. The van der Waals surface area contributed by atoms with Gasteiger partial charge in [-0.3, -0.25) is 9.48 Å². The fourth-order valence-corrected chi connectivity index (χ4v) is 1.94. The van der Waals surface area contributed by atoms with E-state index in [0.717, 1.165) is 0 Å². The van der Waals surface area contributed by atoms with Gasteiger partial charge in [-0.05, 0) is 35.8 Å². The van der Waals surface area contributed by atoms with E-state index < -0.39 is 0 Å². The topological polar surface area (TPSA) is 97.9 Å². The fraction of sp³-hybridized carbons (Fsp3) is 0.250. The number of hydrazine groups is 1. The molecule has 2 heterocycles. The van der Waals surface area contributed by atoms with Crippen LogP contribution in [0.2, 0.25) is 0 Å². The highest BCUT2D eigenvalue weighted by Gasteiger charge is 2.14. The maximum Gasteiger partial charge on any atom is 0.259 e. The summed E-state index contributed by atoms with van der Waals surface area (Å²) in [5.41, 5.74) is 3.36. The molecule has 8 heteroatoms. The van der Waals surface area contributed by atoms with Gasteiger partial charge in [0.05, 0.1) is 17.4 Å².